The third-order valence-electron chi connectivity index (χ3n) is 1.86. The molecule has 82 valence electrons. The second-order valence-electron chi connectivity index (χ2n) is 4.33. The monoisotopic (exact) mass is 289 g/mol. The highest BCUT2D eigenvalue weighted by Gasteiger charge is 2.21. The van der Waals surface area contributed by atoms with Gasteiger partial charge in [0.1, 0.15) is 0 Å². The SMILES string of the molecule is CC(C)(C)C(=O)Nc1cc(Cl)ccc1Br. The first kappa shape index (κ1) is 12.5. The number of carbonyl (C=O) groups is 1. The first-order valence-corrected chi connectivity index (χ1v) is 5.74. The number of amides is 1. The van der Waals surface area contributed by atoms with Gasteiger partial charge in [0.15, 0.2) is 0 Å². The van der Waals surface area contributed by atoms with E-state index in [1.807, 2.05) is 20.8 Å². The molecular formula is C11H13BrClNO. The van der Waals surface area contributed by atoms with Crippen molar-refractivity contribution in [1.82, 2.24) is 0 Å². The van der Waals surface area contributed by atoms with Crippen molar-refractivity contribution in [2.24, 2.45) is 5.41 Å². The molecule has 2 nitrogen and oxygen atoms in total. The average molecular weight is 291 g/mol. The van der Waals surface area contributed by atoms with Crippen molar-refractivity contribution in [1.29, 1.82) is 0 Å². The molecule has 0 spiro atoms. The first-order chi connectivity index (χ1) is 6.80. The molecular weight excluding hydrogens is 277 g/mol. The number of anilines is 1. The number of benzene rings is 1. The molecule has 0 aliphatic carbocycles. The zero-order chi connectivity index (χ0) is 11.6. The summed E-state index contributed by atoms with van der Waals surface area (Å²) in [4.78, 5) is 11.7. The quantitative estimate of drug-likeness (QED) is 0.829. The van der Waals surface area contributed by atoms with Crippen molar-refractivity contribution in [3.05, 3.63) is 27.7 Å². The molecule has 1 N–H and O–H groups in total. The molecule has 0 atom stereocenters. The van der Waals surface area contributed by atoms with Gasteiger partial charge in [0.25, 0.3) is 0 Å². The highest BCUT2D eigenvalue weighted by molar-refractivity contribution is 9.10. The van der Waals surface area contributed by atoms with Gasteiger partial charge < -0.3 is 5.32 Å². The molecule has 4 heteroatoms. The Kier molecular flexibility index (Phi) is 3.79. The fraction of sp³-hybridized carbons (Fsp3) is 0.364. The summed E-state index contributed by atoms with van der Waals surface area (Å²) < 4.78 is 0.824. The summed E-state index contributed by atoms with van der Waals surface area (Å²) in [5, 5.41) is 3.42. The minimum Gasteiger partial charge on any atom is -0.325 e. The van der Waals surface area contributed by atoms with Crippen LogP contribution in [0.3, 0.4) is 0 Å². The van der Waals surface area contributed by atoms with Crippen LogP contribution in [0.1, 0.15) is 20.8 Å². The summed E-state index contributed by atoms with van der Waals surface area (Å²) in [6.45, 7) is 5.59. The molecule has 0 bridgehead atoms. The number of hydrogen-bond acceptors (Lipinski definition) is 1. The maximum atomic E-state index is 11.7. The number of carbonyl (C=O) groups excluding carboxylic acids is 1. The summed E-state index contributed by atoms with van der Waals surface area (Å²) in [7, 11) is 0. The van der Waals surface area contributed by atoms with Crippen molar-refractivity contribution in [3.63, 3.8) is 0 Å². The zero-order valence-corrected chi connectivity index (χ0v) is 11.2. The molecule has 0 aliphatic rings. The molecule has 0 aromatic heterocycles. The van der Waals surface area contributed by atoms with E-state index in [9.17, 15) is 4.79 Å². The van der Waals surface area contributed by atoms with E-state index in [1.54, 1.807) is 18.2 Å². The van der Waals surface area contributed by atoms with Crippen LogP contribution in [0.15, 0.2) is 22.7 Å². The molecule has 1 aromatic carbocycles. The topological polar surface area (TPSA) is 29.1 Å². The molecule has 15 heavy (non-hydrogen) atoms. The smallest absolute Gasteiger partial charge is 0.229 e. The zero-order valence-electron chi connectivity index (χ0n) is 8.90. The Morgan fingerprint density at radius 2 is 2.00 bits per heavy atom. The Labute approximate surface area is 103 Å². The predicted octanol–water partition coefficient (Wildman–Crippen LogP) is 4.09. The Hall–Kier alpha value is -0.540. The Bertz CT molecular complexity index is 385. The van der Waals surface area contributed by atoms with E-state index in [0.717, 1.165) is 4.47 Å². The molecule has 0 radical (unpaired) electrons. The third-order valence-corrected chi connectivity index (χ3v) is 2.78. The molecule has 0 fully saturated rings. The highest BCUT2D eigenvalue weighted by atomic mass is 79.9. The van der Waals surface area contributed by atoms with Gasteiger partial charge in [0.05, 0.1) is 5.69 Å². The van der Waals surface area contributed by atoms with E-state index < -0.39 is 5.41 Å². The molecule has 1 amide bonds. The second-order valence-corrected chi connectivity index (χ2v) is 5.62. The van der Waals surface area contributed by atoms with Crippen molar-refractivity contribution >= 4 is 39.1 Å². The molecule has 1 rings (SSSR count). The van der Waals surface area contributed by atoms with E-state index in [1.165, 1.54) is 0 Å². The fourth-order valence-corrected chi connectivity index (χ4v) is 1.42. The number of halogens is 2. The normalized spacial score (nSPS) is 11.3. The van der Waals surface area contributed by atoms with Gasteiger partial charge in [-0.25, -0.2) is 0 Å². The third kappa shape index (κ3) is 3.50. The van der Waals surface area contributed by atoms with Gasteiger partial charge in [-0.15, -0.1) is 0 Å². The largest absolute Gasteiger partial charge is 0.325 e. The highest BCUT2D eigenvalue weighted by Crippen LogP contribution is 2.27. The van der Waals surface area contributed by atoms with Gasteiger partial charge >= 0.3 is 0 Å². The van der Waals surface area contributed by atoms with Crippen molar-refractivity contribution in [2.45, 2.75) is 20.8 Å². The summed E-state index contributed by atoms with van der Waals surface area (Å²) >= 11 is 9.19. The van der Waals surface area contributed by atoms with Crippen LogP contribution in [0.25, 0.3) is 0 Å². The number of rotatable bonds is 1. The second kappa shape index (κ2) is 4.54. The van der Waals surface area contributed by atoms with Crippen LogP contribution in [-0.4, -0.2) is 5.91 Å². The minimum absolute atomic E-state index is 0.0366. The van der Waals surface area contributed by atoms with Gasteiger partial charge in [-0.2, -0.15) is 0 Å². The van der Waals surface area contributed by atoms with Gasteiger partial charge in [-0.3, -0.25) is 4.79 Å². The van der Waals surface area contributed by atoms with Gasteiger partial charge in [0.2, 0.25) is 5.91 Å². The van der Waals surface area contributed by atoms with Crippen LogP contribution in [-0.2, 0) is 4.79 Å². The Morgan fingerprint density at radius 3 is 2.53 bits per heavy atom. The number of hydrogen-bond donors (Lipinski definition) is 1. The Morgan fingerprint density at radius 1 is 1.40 bits per heavy atom. The maximum absolute atomic E-state index is 11.7. The number of nitrogens with one attached hydrogen (secondary N) is 1. The summed E-state index contributed by atoms with van der Waals surface area (Å²) in [6, 6.07) is 5.29. The van der Waals surface area contributed by atoms with Gasteiger partial charge in [-0.1, -0.05) is 32.4 Å². The predicted molar refractivity (Wildman–Crippen MR) is 67.2 cm³/mol. The average Bonchev–Trinajstić information content (AvgIpc) is 2.09. The Balaban J connectivity index is 2.90. The van der Waals surface area contributed by atoms with E-state index in [2.05, 4.69) is 21.2 Å². The van der Waals surface area contributed by atoms with Crippen molar-refractivity contribution < 1.29 is 4.79 Å². The fourth-order valence-electron chi connectivity index (χ4n) is 0.903. The molecule has 0 saturated heterocycles. The molecule has 0 unspecified atom stereocenters. The van der Waals surface area contributed by atoms with Crippen LogP contribution in [0.5, 0.6) is 0 Å². The van der Waals surface area contributed by atoms with Gasteiger partial charge in [-0.05, 0) is 34.1 Å². The van der Waals surface area contributed by atoms with E-state index in [0.29, 0.717) is 10.7 Å². The first-order valence-electron chi connectivity index (χ1n) is 4.57. The lowest BCUT2D eigenvalue weighted by Crippen LogP contribution is -2.27. The van der Waals surface area contributed by atoms with Crippen LogP contribution < -0.4 is 5.32 Å². The maximum Gasteiger partial charge on any atom is 0.229 e. The lowest BCUT2D eigenvalue weighted by atomic mass is 9.95. The lowest BCUT2D eigenvalue weighted by molar-refractivity contribution is -0.123. The van der Waals surface area contributed by atoms with E-state index >= 15 is 0 Å². The van der Waals surface area contributed by atoms with Crippen LogP contribution in [0.4, 0.5) is 5.69 Å². The van der Waals surface area contributed by atoms with E-state index in [-0.39, 0.29) is 5.91 Å². The summed E-state index contributed by atoms with van der Waals surface area (Å²) in [6.07, 6.45) is 0. The molecule has 0 aliphatic heterocycles. The van der Waals surface area contributed by atoms with E-state index in [4.69, 9.17) is 11.6 Å². The molecule has 1 aromatic rings. The van der Waals surface area contributed by atoms with Crippen LogP contribution >= 0.6 is 27.5 Å². The van der Waals surface area contributed by atoms with Crippen molar-refractivity contribution in [3.8, 4) is 0 Å². The summed E-state index contributed by atoms with van der Waals surface area (Å²) in [5.74, 6) is -0.0366. The standard InChI is InChI=1S/C11H13BrClNO/c1-11(2,3)10(15)14-9-6-7(13)4-5-8(9)12/h4-6H,1-3H3,(H,14,15). The molecule has 0 saturated carbocycles. The summed E-state index contributed by atoms with van der Waals surface area (Å²) in [5.41, 5.74) is 0.282. The minimum atomic E-state index is -0.415. The van der Waals surface area contributed by atoms with Crippen LogP contribution in [0.2, 0.25) is 5.02 Å². The van der Waals surface area contributed by atoms with Gasteiger partial charge in [0, 0.05) is 14.9 Å². The van der Waals surface area contributed by atoms with Crippen molar-refractivity contribution in [2.75, 3.05) is 5.32 Å². The lowest BCUT2D eigenvalue weighted by Gasteiger charge is -2.18. The molecule has 0 heterocycles. The van der Waals surface area contributed by atoms with Crippen LogP contribution in [0, 0.1) is 5.41 Å².